The van der Waals surface area contributed by atoms with Gasteiger partial charge in [-0.15, -0.1) is 0 Å². The highest BCUT2D eigenvalue weighted by Crippen LogP contribution is 1.91. The first-order valence-electron chi connectivity index (χ1n) is 4.16. The molecule has 0 aliphatic heterocycles. The van der Waals surface area contributed by atoms with Crippen molar-refractivity contribution in [3.63, 3.8) is 0 Å². The Labute approximate surface area is 73.5 Å². The van der Waals surface area contributed by atoms with E-state index in [1.807, 2.05) is 6.92 Å². The van der Waals surface area contributed by atoms with E-state index in [9.17, 15) is 4.79 Å². The smallest absolute Gasteiger partial charge is 0.236 e. The van der Waals surface area contributed by atoms with Crippen LogP contribution in [0.2, 0.25) is 0 Å². The third-order valence-electron chi connectivity index (χ3n) is 1.62. The lowest BCUT2D eigenvalue weighted by Gasteiger charge is -2.17. The normalized spacial score (nSPS) is 15.3. The van der Waals surface area contributed by atoms with Crippen molar-refractivity contribution in [2.24, 2.45) is 5.73 Å². The van der Waals surface area contributed by atoms with Crippen molar-refractivity contribution >= 4 is 5.91 Å². The van der Waals surface area contributed by atoms with Crippen LogP contribution < -0.4 is 11.1 Å². The van der Waals surface area contributed by atoms with Gasteiger partial charge in [-0.2, -0.15) is 0 Å². The highest BCUT2D eigenvalue weighted by molar-refractivity contribution is 5.81. The molecule has 0 spiro atoms. The van der Waals surface area contributed by atoms with Crippen LogP contribution >= 0.6 is 0 Å². The number of carbonyl (C=O) groups excluding carboxylic acids is 1. The van der Waals surface area contributed by atoms with Gasteiger partial charge in [0.05, 0.1) is 18.7 Å². The second-order valence-electron chi connectivity index (χ2n) is 2.86. The Morgan fingerprint density at radius 1 is 1.67 bits per heavy atom. The van der Waals surface area contributed by atoms with Gasteiger partial charge in [0.15, 0.2) is 0 Å². The van der Waals surface area contributed by atoms with Crippen molar-refractivity contribution < 1.29 is 9.53 Å². The minimum atomic E-state index is -0.448. The molecule has 0 aliphatic carbocycles. The molecule has 4 heteroatoms. The van der Waals surface area contributed by atoms with Crippen LogP contribution in [-0.4, -0.2) is 31.7 Å². The van der Waals surface area contributed by atoms with E-state index >= 15 is 0 Å². The largest absolute Gasteiger partial charge is 0.383 e. The zero-order valence-electron chi connectivity index (χ0n) is 7.96. The van der Waals surface area contributed by atoms with Crippen molar-refractivity contribution in [3.8, 4) is 0 Å². The molecular weight excluding hydrogens is 156 g/mol. The van der Waals surface area contributed by atoms with Gasteiger partial charge in [-0.25, -0.2) is 0 Å². The van der Waals surface area contributed by atoms with Crippen LogP contribution in [-0.2, 0) is 9.53 Å². The Morgan fingerprint density at radius 2 is 2.25 bits per heavy atom. The Hall–Kier alpha value is -0.610. The van der Waals surface area contributed by atoms with E-state index in [0.29, 0.717) is 6.61 Å². The van der Waals surface area contributed by atoms with E-state index in [-0.39, 0.29) is 11.9 Å². The topological polar surface area (TPSA) is 64.3 Å². The van der Waals surface area contributed by atoms with E-state index in [4.69, 9.17) is 10.5 Å². The molecule has 1 amide bonds. The molecule has 2 atom stereocenters. The van der Waals surface area contributed by atoms with Crippen LogP contribution in [0.25, 0.3) is 0 Å². The Balaban J connectivity index is 3.77. The van der Waals surface area contributed by atoms with Crippen molar-refractivity contribution in [1.29, 1.82) is 0 Å². The van der Waals surface area contributed by atoms with Crippen molar-refractivity contribution in [1.82, 2.24) is 5.32 Å². The molecule has 0 aromatic carbocycles. The van der Waals surface area contributed by atoms with Crippen LogP contribution in [0, 0.1) is 0 Å². The van der Waals surface area contributed by atoms with Crippen LogP contribution in [0.15, 0.2) is 0 Å². The third-order valence-corrected chi connectivity index (χ3v) is 1.62. The Kier molecular flexibility index (Phi) is 5.66. The van der Waals surface area contributed by atoms with Crippen LogP contribution in [0.1, 0.15) is 20.3 Å². The van der Waals surface area contributed by atoms with Gasteiger partial charge in [0.2, 0.25) is 5.91 Å². The zero-order valence-corrected chi connectivity index (χ0v) is 7.96. The first-order valence-corrected chi connectivity index (χ1v) is 4.16. The number of methoxy groups -OCH3 is 1. The summed E-state index contributed by atoms with van der Waals surface area (Å²) in [6, 6.07) is -0.371. The summed E-state index contributed by atoms with van der Waals surface area (Å²) in [5.41, 5.74) is 5.38. The number of amides is 1. The molecular formula is C8H18N2O2. The van der Waals surface area contributed by atoms with Gasteiger partial charge < -0.3 is 15.8 Å². The number of hydrogen-bond acceptors (Lipinski definition) is 3. The number of carbonyl (C=O) groups is 1. The Bertz CT molecular complexity index is 137. The fourth-order valence-electron chi connectivity index (χ4n) is 0.795. The third kappa shape index (κ3) is 4.31. The summed E-state index contributed by atoms with van der Waals surface area (Å²) in [6.45, 7) is 4.19. The highest BCUT2D eigenvalue weighted by Gasteiger charge is 2.12. The summed E-state index contributed by atoms with van der Waals surface area (Å²) in [7, 11) is 1.61. The van der Waals surface area contributed by atoms with Crippen molar-refractivity contribution in [3.05, 3.63) is 0 Å². The van der Waals surface area contributed by atoms with Crippen LogP contribution in [0.3, 0.4) is 0 Å². The lowest BCUT2D eigenvalue weighted by Crippen LogP contribution is -2.45. The van der Waals surface area contributed by atoms with Gasteiger partial charge in [0.25, 0.3) is 0 Å². The molecule has 0 aliphatic rings. The second kappa shape index (κ2) is 5.97. The standard InChI is InChI=1S/C8H18N2O2/c1-4-7(5-12-3)10-8(11)6(2)9/h6-7H,4-5,9H2,1-3H3,(H,10,11)/t6-,7?/m1/s1. The maximum Gasteiger partial charge on any atom is 0.236 e. The summed E-state index contributed by atoms with van der Waals surface area (Å²) in [5, 5.41) is 2.78. The quantitative estimate of drug-likeness (QED) is 0.610. The molecule has 3 N–H and O–H groups in total. The predicted octanol–water partition coefficient (Wildman–Crippen LogP) is -0.125. The van der Waals surface area contributed by atoms with E-state index in [2.05, 4.69) is 5.32 Å². The van der Waals surface area contributed by atoms with E-state index in [1.54, 1.807) is 14.0 Å². The number of nitrogens with one attached hydrogen (secondary N) is 1. The van der Waals surface area contributed by atoms with E-state index in [1.165, 1.54) is 0 Å². The molecule has 0 saturated carbocycles. The molecule has 0 heterocycles. The lowest BCUT2D eigenvalue weighted by molar-refractivity contribution is -0.123. The van der Waals surface area contributed by atoms with Gasteiger partial charge in [0, 0.05) is 7.11 Å². The molecule has 0 fully saturated rings. The number of nitrogens with two attached hydrogens (primary N) is 1. The number of ether oxygens (including phenoxy) is 1. The second-order valence-corrected chi connectivity index (χ2v) is 2.86. The minimum absolute atomic E-state index is 0.0773. The van der Waals surface area contributed by atoms with Crippen LogP contribution in [0.4, 0.5) is 0 Å². The van der Waals surface area contributed by atoms with Crippen LogP contribution in [0.5, 0.6) is 0 Å². The maximum absolute atomic E-state index is 11.1. The molecule has 0 aromatic rings. The molecule has 72 valence electrons. The average molecular weight is 174 g/mol. The molecule has 1 unspecified atom stereocenters. The van der Waals surface area contributed by atoms with Crippen molar-refractivity contribution in [2.45, 2.75) is 32.4 Å². The van der Waals surface area contributed by atoms with Gasteiger partial charge in [-0.05, 0) is 13.3 Å². The molecule has 0 aromatic heterocycles. The number of rotatable bonds is 5. The van der Waals surface area contributed by atoms with Gasteiger partial charge in [0.1, 0.15) is 0 Å². The van der Waals surface area contributed by atoms with Gasteiger partial charge >= 0.3 is 0 Å². The van der Waals surface area contributed by atoms with Gasteiger partial charge in [-0.3, -0.25) is 4.79 Å². The first-order chi connectivity index (χ1) is 5.61. The predicted molar refractivity (Wildman–Crippen MR) is 47.7 cm³/mol. The molecule has 0 bridgehead atoms. The monoisotopic (exact) mass is 174 g/mol. The zero-order chi connectivity index (χ0) is 9.56. The summed E-state index contributed by atoms with van der Waals surface area (Å²) in [4.78, 5) is 11.1. The first kappa shape index (κ1) is 11.4. The molecule has 0 rings (SSSR count). The maximum atomic E-state index is 11.1. The highest BCUT2D eigenvalue weighted by atomic mass is 16.5. The minimum Gasteiger partial charge on any atom is -0.383 e. The van der Waals surface area contributed by atoms with Gasteiger partial charge in [-0.1, -0.05) is 6.92 Å². The molecule has 0 saturated heterocycles. The fourth-order valence-corrected chi connectivity index (χ4v) is 0.795. The van der Waals surface area contributed by atoms with Crippen molar-refractivity contribution in [2.75, 3.05) is 13.7 Å². The SMILES string of the molecule is CCC(COC)NC(=O)[C@@H](C)N. The number of hydrogen-bond donors (Lipinski definition) is 2. The summed E-state index contributed by atoms with van der Waals surface area (Å²) in [6.07, 6.45) is 0.853. The molecule has 12 heavy (non-hydrogen) atoms. The summed E-state index contributed by atoms with van der Waals surface area (Å²) in [5.74, 6) is -0.126. The summed E-state index contributed by atoms with van der Waals surface area (Å²) >= 11 is 0. The Morgan fingerprint density at radius 3 is 2.58 bits per heavy atom. The lowest BCUT2D eigenvalue weighted by atomic mass is 10.2. The fraction of sp³-hybridized carbons (Fsp3) is 0.875. The van der Waals surface area contributed by atoms with E-state index in [0.717, 1.165) is 6.42 Å². The molecule has 4 nitrogen and oxygen atoms in total. The average Bonchev–Trinajstić information content (AvgIpc) is 2.03. The van der Waals surface area contributed by atoms with E-state index < -0.39 is 6.04 Å². The molecule has 0 radical (unpaired) electrons. The summed E-state index contributed by atoms with van der Waals surface area (Å²) < 4.78 is 4.92.